The number of hydrogen-bond acceptors (Lipinski definition) is 5. The van der Waals surface area contributed by atoms with Crippen LogP contribution >= 0.6 is 0 Å². The molecule has 6 heteroatoms. The molecule has 142 valence electrons. The van der Waals surface area contributed by atoms with Gasteiger partial charge >= 0.3 is 11.9 Å². The van der Waals surface area contributed by atoms with E-state index in [1.54, 1.807) is 48.5 Å². The summed E-state index contributed by atoms with van der Waals surface area (Å²) in [6.07, 6.45) is -1.48. The Morgan fingerprint density at radius 1 is 1.04 bits per heavy atom. The summed E-state index contributed by atoms with van der Waals surface area (Å²) < 4.78 is 5.06. The number of hydrogen-bond donors (Lipinski definition) is 2. The highest BCUT2D eigenvalue weighted by Gasteiger charge is 2.21. The molecule has 0 saturated carbocycles. The zero-order chi connectivity index (χ0) is 20.5. The first-order chi connectivity index (χ1) is 13.4. The third kappa shape index (κ3) is 5.40. The molecular weight excluding hydrogens is 358 g/mol. The second kappa shape index (κ2) is 9.86. The van der Waals surface area contributed by atoms with Crippen LogP contribution in [0, 0.1) is 11.3 Å². The normalized spacial score (nSPS) is 11.0. The van der Waals surface area contributed by atoms with E-state index >= 15 is 0 Å². The second-order valence-electron chi connectivity index (χ2n) is 5.96. The lowest BCUT2D eigenvalue weighted by atomic mass is 9.93. The predicted octanol–water partition coefficient (Wildman–Crippen LogP) is 2.95. The van der Waals surface area contributed by atoms with Gasteiger partial charge in [0.2, 0.25) is 0 Å². The topological polar surface area (TPSA) is 108 Å². The highest BCUT2D eigenvalue weighted by atomic mass is 16.5. The number of aliphatic hydroxyl groups excluding tert-OH is 1. The van der Waals surface area contributed by atoms with Crippen molar-refractivity contribution in [1.29, 1.82) is 5.26 Å². The molecule has 0 amide bonds. The van der Waals surface area contributed by atoms with Gasteiger partial charge in [-0.15, -0.1) is 0 Å². The molecule has 0 saturated heterocycles. The van der Waals surface area contributed by atoms with Crippen LogP contribution in [0.4, 0.5) is 0 Å². The molecule has 1 atom stereocenters. The minimum atomic E-state index is -1.24. The summed E-state index contributed by atoms with van der Waals surface area (Å²) in [5.41, 5.74) is 1.35. The van der Waals surface area contributed by atoms with Gasteiger partial charge in [0.05, 0.1) is 6.10 Å². The molecule has 2 N–H and O–H groups in total. The molecule has 1 unspecified atom stereocenters. The number of aliphatic hydroxyl groups is 1. The summed E-state index contributed by atoms with van der Waals surface area (Å²) in [5, 5.41) is 28.2. The molecule has 2 aromatic rings. The Balaban J connectivity index is 2.30. The summed E-state index contributed by atoms with van der Waals surface area (Å²) in [5.74, 6) is -2.14. The molecule has 28 heavy (non-hydrogen) atoms. The minimum Gasteiger partial charge on any atom is -0.478 e. The third-order valence-corrected chi connectivity index (χ3v) is 3.88. The summed E-state index contributed by atoms with van der Waals surface area (Å²) >= 11 is 0. The number of benzene rings is 2. The van der Waals surface area contributed by atoms with Crippen LogP contribution in [-0.4, -0.2) is 34.9 Å². The van der Waals surface area contributed by atoms with Gasteiger partial charge in [0.25, 0.3) is 0 Å². The van der Waals surface area contributed by atoms with Crippen LogP contribution in [0.25, 0.3) is 5.57 Å². The number of carbonyl (C=O) groups is 2. The Labute approximate surface area is 162 Å². The lowest BCUT2D eigenvalue weighted by Gasteiger charge is -2.14. The average molecular weight is 377 g/mol. The largest absolute Gasteiger partial charge is 0.478 e. The number of carboxylic acid groups (broad SMARTS) is 1. The van der Waals surface area contributed by atoms with Crippen molar-refractivity contribution in [3.63, 3.8) is 0 Å². The number of ether oxygens (including phenoxy) is 1. The molecule has 2 rings (SSSR count). The van der Waals surface area contributed by atoms with Crippen molar-refractivity contribution in [1.82, 2.24) is 0 Å². The van der Waals surface area contributed by atoms with Gasteiger partial charge in [0, 0.05) is 17.6 Å². The van der Waals surface area contributed by atoms with Crippen molar-refractivity contribution in [2.45, 2.75) is 12.5 Å². The number of rotatable bonds is 8. The van der Waals surface area contributed by atoms with Gasteiger partial charge in [0.15, 0.2) is 0 Å². The van der Waals surface area contributed by atoms with Crippen molar-refractivity contribution in [2.24, 2.45) is 0 Å². The van der Waals surface area contributed by atoms with E-state index in [2.05, 4.69) is 6.58 Å². The van der Waals surface area contributed by atoms with Gasteiger partial charge in [-0.2, -0.15) is 5.26 Å². The van der Waals surface area contributed by atoms with Crippen LogP contribution in [0.1, 0.15) is 17.5 Å². The Bertz CT molecular complexity index is 885. The molecule has 0 bridgehead atoms. The first-order valence-electron chi connectivity index (χ1n) is 8.45. The van der Waals surface area contributed by atoms with E-state index < -0.39 is 24.6 Å². The fraction of sp³-hybridized carbons (Fsp3) is 0.136. The fourth-order valence-electron chi connectivity index (χ4n) is 2.54. The lowest BCUT2D eigenvalue weighted by molar-refractivity contribution is -0.141. The number of carboxylic acids is 1. The summed E-state index contributed by atoms with van der Waals surface area (Å²) in [6.45, 7) is 2.87. The van der Waals surface area contributed by atoms with Crippen LogP contribution in [0.2, 0.25) is 0 Å². The first kappa shape index (κ1) is 20.6. The average Bonchev–Trinajstić information content (AvgIpc) is 2.71. The molecule has 0 fully saturated rings. The van der Waals surface area contributed by atoms with Crippen LogP contribution in [0.15, 0.2) is 78.4 Å². The summed E-state index contributed by atoms with van der Waals surface area (Å²) in [7, 11) is 0. The number of nitrogens with zero attached hydrogens (tertiary/aromatic N) is 1. The Hall–Kier alpha value is -3.69. The standard InChI is InChI=1S/C22H19NO5/c1-15(21(25)26)12-18(24)14-28-22(27)19(13-23)20(16-8-4-2-5-9-16)17-10-6-3-7-11-17/h2-11,18,24H,1,12,14H2,(H,25,26). The van der Waals surface area contributed by atoms with Crippen molar-refractivity contribution < 1.29 is 24.5 Å². The second-order valence-corrected chi connectivity index (χ2v) is 5.96. The smallest absolute Gasteiger partial charge is 0.349 e. The SMILES string of the molecule is C=C(CC(O)COC(=O)C(C#N)=C(c1ccccc1)c1ccccc1)C(=O)O. The van der Waals surface area contributed by atoms with E-state index in [1.807, 2.05) is 18.2 Å². The van der Waals surface area contributed by atoms with Crippen LogP contribution in [0.3, 0.4) is 0 Å². The van der Waals surface area contributed by atoms with E-state index in [0.29, 0.717) is 16.7 Å². The van der Waals surface area contributed by atoms with Gasteiger partial charge in [-0.3, -0.25) is 0 Å². The van der Waals surface area contributed by atoms with Crippen LogP contribution in [-0.2, 0) is 14.3 Å². The van der Waals surface area contributed by atoms with Crippen LogP contribution < -0.4 is 0 Å². The van der Waals surface area contributed by atoms with Crippen molar-refractivity contribution in [3.8, 4) is 6.07 Å². The highest BCUT2D eigenvalue weighted by molar-refractivity contribution is 6.05. The quantitative estimate of drug-likeness (QED) is 0.416. The summed E-state index contributed by atoms with van der Waals surface area (Å²) in [4.78, 5) is 23.3. The van der Waals surface area contributed by atoms with Gasteiger partial charge in [-0.05, 0) is 11.1 Å². The number of nitriles is 1. The van der Waals surface area contributed by atoms with Crippen molar-refractivity contribution in [2.75, 3.05) is 6.61 Å². The molecular formula is C22H19NO5. The lowest BCUT2D eigenvalue weighted by Crippen LogP contribution is -2.21. The van der Waals surface area contributed by atoms with E-state index in [0.717, 1.165) is 0 Å². The maximum Gasteiger partial charge on any atom is 0.349 e. The number of aliphatic carboxylic acids is 1. The molecule has 0 heterocycles. The first-order valence-corrected chi connectivity index (χ1v) is 8.45. The Morgan fingerprint density at radius 2 is 1.54 bits per heavy atom. The van der Waals surface area contributed by atoms with Gasteiger partial charge < -0.3 is 14.9 Å². The van der Waals surface area contributed by atoms with Crippen molar-refractivity contribution >= 4 is 17.5 Å². The molecule has 0 aliphatic heterocycles. The molecule has 2 aromatic carbocycles. The van der Waals surface area contributed by atoms with E-state index in [1.165, 1.54) is 0 Å². The maximum atomic E-state index is 12.5. The molecule has 0 aliphatic carbocycles. The van der Waals surface area contributed by atoms with E-state index in [4.69, 9.17) is 9.84 Å². The molecule has 0 aromatic heterocycles. The van der Waals surface area contributed by atoms with E-state index in [9.17, 15) is 20.0 Å². The summed E-state index contributed by atoms with van der Waals surface area (Å²) in [6, 6.07) is 19.8. The van der Waals surface area contributed by atoms with Crippen molar-refractivity contribution in [3.05, 3.63) is 89.5 Å². The maximum absolute atomic E-state index is 12.5. The Kier molecular flexibility index (Phi) is 7.26. The zero-order valence-electron chi connectivity index (χ0n) is 15.0. The fourth-order valence-corrected chi connectivity index (χ4v) is 2.54. The van der Waals surface area contributed by atoms with Gasteiger partial charge in [0.1, 0.15) is 18.2 Å². The van der Waals surface area contributed by atoms with E-state index in [-0.39, 0.29) is 17.6 Å². The Morgan fingerprint density at radius 3 is 1.96 bits per heavy atom. The number of esters is 1. The molecule has 0 spiro atoms. The monoisotopic (exact) mass is 377 g/mol. The van der Waals surface area contributed by atoms with Crippen LogP contribution in [0.5, 0.6) is 0 Å². The van der Waals surface area contributed by atoms with Gasteiger partial charge in [-0.1, -0.05) is 67.2 Å². The number of carbonyl (C=O) groups excluding carboxylic acids is 1. The zero-order valence-corrected chi connectivity index (χ0v) is 15.0. The van der Waals surface area contributed by atoms with Gasteiger partial charge in [-0.25, -0.2) is 9.59 Å². The highest BCUT2D eigenvalue weighted by Crippen LogP contribution is 2.27. The third-order valence-electron chi connectivity index (χ3n) is 3.88. The molecule has 0 radical (unpaired) electrons. The predicted molar refractivity (Wildman–Crippen MR) is 103 cm³/mol. The molecule has 0 aliphatic rings. The molecule has 6 nitrogen and oxygen atoms in total. The minimum absolute atomic E-state index is 0.200.